The van der Waals surface area contributed by atoms with Crippen molar-refractivity contribution in [1.29, 1.82) is 0 Å². The van der Waals surface area contributed by atoms with Crippen molar-refractivity contribution in [1.82, 2.24) is 14.7 Å². The number of aromatic nitrogens is 2. The van der Waals surface area contributed by atoms with E-state index in [2.05, 4.69) is 5.10 Å². The van der Waals surface area contributed by atoms with Gasteiger partial charge in [-0.05, 0) is 36.8 Å². The van der Waals surface area contributed by atoms with Gasteiger partial charge in [0.2, 0.25) is 11.8 Å². The van der Waals surface area contributed by atoms with Gasteiger partial charge in [0.15, 0.2) is 6.67 Å². The highest BCUT2D eigenvalue weighted by Crippen LogP contribution is 2.21. The molecule has 0 saturated carbocycles. The van der Waals surface area contributed by atoms with Gasteiger partial charge in [0, 0.05) is 23.6 Å². The Hall–Kier alpha value is -1.90. The van der Waals surface area contributed by atoms with Crippen molar-refractivity contribution in [3.8, 4) is 5.75 Å². The first-order valence-electron chi connectivity index (χ1n) is 8.44. The predicted molar refractivity (Wildman–Crippen MR) is 98.6 cm³/mol. The van der Waals surface area contributed by atoms with E-state index in [1.165, 1.54) is 0 Å². The van der Waals surface area contributed by atoms with Gasteiger partial charge in [-0.3, -0.25) is 4.79 Å². The standard InChI is InChI=1S/C17H21ClN4O3S/c1-20(9-12-8-13(18)5-6-14(12)24-2)11-22-17(26)25-15(19-22)10-21-7-3-4-16(21)23/h5-6,8H,3-4,7,9-11H2,1-2H3/p+1. The maximum atomic E-state index is 11.7. The predicted octanol–water partition coefficient (Wildman–Crippen LogP) is 1.66. The molecule has 2 aromatic rings. The zero-order chi connectivity index (χ0) is 18.7. The van der Waals surface area contributed by atoms with Crippen LogP contribution in [0.5, 0.6) is 5.75 Å². The van der Waals surface area contributed by atoms with Gasteiger partial charge in [-0.2, -0.15) is 4.68 Å². The van der Waals surface area contributed by atoms with Crippen molar-refractivity contribution in [2.24, 2.45) is 0 Å². The Morgan fingerprint density at radius 1 is 1.46 bits per heavy atom. The monoisotopic (exact) mass is 397 g/mol. The Labute approximate surface area is 162 Å². The van der Waals surface area contributed by atoms with Crippen molar-refractivity contribution in [3.63, 3.8) is 0 Å². The second-order valence-electron chi connectivity index (χ2n) is 6.43. The second kappa shape index (κ2) is 8.20. The number of halogens is 1. The number of hydrogen-bond acceptors (Lipinski definition) is 5. The molecule has 9 heteroatoms. The second-order valence-corrected chi connectivity index (χ2v) is 7.21. The fraction of sp³-hybridized carbons (Fsp3) is 0.471. The molecule has 1 amide bonds. The van der Waals surface area contributed by atoms with Gasteiger partial charge in [-0.1, -0.05) is 11.6 Å². The lowest BCUT2D eigenvalue weighted by Gasteiger charge is -2.15. The highest BCUT2D eigenvalue weighted by molar-refractivity contribution is 7.71. The Balaban J connectivity index is 1.66. The molecule has 1 aromatic carbocycles. The van der Waals surface area contributed by atoms with Crippen molar-refractivity contribution < 1.29 is 18.8 Å². The van der Waals surface area contributed by atoms with E-state index in [0.717, 1.165) is 29.2 Å². The van der Waals surface area contributed by atoms with E-state index in [-0.39, 0.29) is 5.91 Å². The molecule has 2 heterocycles. The zero-order valence-corrected chi connectivity index (χ0v) is 16.4. The fourth-order valence-corrected chi connectivity index (χ4v) is 3.47. The molecule has 1 fully saturated rings. The summed E-state index contributed by atoms with van der Waals surface area (Å²) in [6.45, 7) is 2.34. The molecule has 1 unspecified atom stereocenters. The summed E-state index contributed by atoms with van der Waals surface area (Å²) in [5.74, 6) is 1.40. The molecular formula is C17H22ClN4O3S+. The summed E-state index contributed by atoms with van der Waals surface area (Å²) in [5, 5.41) is 5.09. The van der Waals surface area contributed by atoms with Crippen LogP contribution >= 0.6 is 23.8 Å². The molecule has 0 radical (unpaired) electrons. The summed E-state index contributed by atoms with van der Waals surface area (Å²) in [5.41, 5.74) is 1.01. The van der Waals surface area contributed by atoms with E-state index in [4.69, 9.17) is 33.0 Å². The van der Waals surface area contributed by atoms with Crippen LogP contribution in [0, 0.1) is 4.84 Å². The van der Waals surface area contributed by atoms with E-state index in [1.807, 2.05) is 19.2 Å². The first kappa shape index (κ1) is 18.9. The molecule has 3 rings (SSSR count). The molecule has 0 bridgehead atoms. The average molecular weight is 398 g/mol. The molecule has 1 N–H and O–H groups in total. The zero-order valence-electron chi connectivity index (χ0n) is 14.8. The van der Waals surface area contributed by atoms with Gasteiger partial charge in [-0.15, -0.1) is 5.10 Å². The molecule has 7 nitrogen and oxygen atoms in total. The Morgan fingerprint density at radius 3 is 2.96 bits per heavy atom. The van der Waals surface area contributed by atoms with Crippen LogP contribution in [0.15, 0.2) is 22.6 Å². The van der Waals surface area contributed by atoms with Crippen LogP contribution in [-0.2, 0) is 24.6 Å². The third-order valence-corrected chi connectivity index (χ3v) is 4.83. The first-order valence-corrected chi connectivity index (χ1v) is 9.23. The molecule has 0 spiro atoms. The minimum atomic E-state index is 0.136. The van der Waals surface area contributed by atoms with Gasteiger partial charge in [0.1, 0.15) is 12.3 Å². The highest BCUT2D eigenvalue weighted by atomic mass is 35.5. The normalized spacial score (nSPS) is 15.5. The number of rotatable bonds is 7. The van der Waals surface area contributed by atoms with E-state index in [1.54, 1.807) is 22.8 Å². The molecule has 1 aliphatic heterocycles. The minimum Gasteiger partial charge on any atom is -0.496 e. The van der Waals surface area contributed by atoms with Crippen LogP contribution in [0.2, 0.25) is 5.02 Å². The summed E-state index contributed by atoms with van der Waals surface area (Å²) in [6, 6.07) is 5.56. The number of carbonyl (C=O) groups excluding carboxylic acids is 1. The molecule has 1 aliphatic rings. The highest BCUT2D eigenvalue weighted by Gasteiger charge is 2.22. The third kappa shape index (κ3) is 4.44. The molecule has 0 aliphatic carbocycles. The first-order chi connectivity index (χ1) is 12.5. The number of nitrogens with one attached hydrogen (secondary N) is 1. The Bertz CT molecular complexity index is 851. The number of nitrogens with zero attached hydrogens (tertiary/aromatic N) is 3. The van der Waals surface area contributed by atoms with Crippen molar-refractivity contribution in [3.05, 3.63) is 39.5 Å². The van der Waals surface area contributed by atoms with Gasteiger partial charge in [-0.25, -0.2) is 0 Å². The molecule has 1 atom stereocenters. The van der Waals surface area contributed by atoms with Gasteiger partial charge in [0.25, 0.3) is 4.84 Å². The summed E-state index contributed by atoms with van der Waals surface area (Å²) in [6.07, 6.45) is 1.48. The maximum Gasteiger partial charge on any atom is 0.291 e. The van der Waals surface area contributed by atoms with Crippen LogP contribution in [0.4, 0.5) is 0 Å². The van der Waals surface area contributed by atoms with Gasteiger partial charge in [0.05, 0.1) is 20.7 Å². The van der Waals surface area contributed by atoms with Gasteiger partial charge >= 0.3 is 0 Å². The number of amides is 1. The van der Waals surface area contributed by atoms with Gasteiger partial charge < -0.3 is 19.0 Å². The summed E-state index contributed by atoms with van der Waals surface area (Å²) in [4.78, 5) is 14.9. The fourth-order valence-electron chi connectivity index (χ4n) is 3.07. The van der Waals surface area contributed by atoms with Crippen molar-refractivity contribution in [2.75, 3.05) is 20.7 Å². The smallest absolute Gasteiger partial charge is 0.291 e. The van der Waals surface area contributed by atoms with Crippen LogP contribution in [0.3, 0.4) is 0 Å². The van der Waals surface area contributed by atoms with Crippen LogP contribution in [0.25, 0.3) is 0 Å². The number of methoxy groups -OCH3 is 1. The Kier molecular flexibility index (Phi) is 5.95. The van der Waals surface area contributed by atoms with Crippen molar-refractivity contribution >= 4 is 29.7 Å². The lowest BCUT2D eigenvalue weighted by molar-refractivity contribution is -0.917. The molecule has 26 heavy (non-hydrogen) atoms. The molecule has 1 aromatic heterocycles. The number of ether oxygens (including phenoxy) is 1. The van der Waals surface area contributed by atoms with Crippen LogP contribution < -0.4 is 9.64 Å². The Morgan fingerprint density at radius 2 is 2.27 bits per heavy atom. The maximum absolute atomic E-state index is 11.7. The van der Waals surface area contributed by atoms with Crippen LogP contribution in [0.1, 0.15) is 24.3 Å². The molecule has 140 valence electrons. The quantitative estimate of drug-likeness (QED) is 0.720. The minimum absolute atomic E-state index is 0.136. The van der Waals surface area contributed by atoms with E-state index in [0.29, 0.717) is 41.9 Å². The van der Waals surface area contributed by atoms with E-state index in [9.17, 15) is 4.79 Å². The van der Waals surface area contributed by atoms with E-state index >= 15 is 0 Å². The topological polar surface area (TPSA) is 64.9 Å². The summed E-state index contributed by atoms with van der Waals surface area (Å²) >= 11 is 11.4. The average Bonchev–Trinajstić information content (AvgIpc) is 3.14. The molecular weight excluding hydrogens is 376 g/mol. The largest absolute Gasteiger partial charge is 0.496 e. The lowest BCUT2D eigenvalue weighted by atomic mass is 10.2. The third-order valence-electron chi connectivity index (χ3n) is 4.30. The number of carbonyl (C=O) groups is 1. The number of likely N-dealkylation sites (tertiary alicyclic amines) is 1. The summed E-state index contributed by atoms with van der Waals surface area (Å²) < 4.78 is 12.6. The lowest BCUT2D eigenvalue weighted by Crippen LogP contribution is -3.07. The number of hydrogen-bond donors (Lipinski definition) is 1. The SMILES string of the molecule is COc1ccc(Cl)cc1C[NH+](C)Cn1nc(CN2CCCC2=O)oc1=S. The van der Waals surface area contributed by atoms with E-state index < -0.39 is 0 Å². The van der Waals surface area contributed by atoms with Crippen molar-refractivity contribution in [2.45, 2.75) is 32.6 Å². The molecule has 1 saturated heterocycles. The summed E-state index contributed by atoms with van der Waals surface area (Å²) in [7, 11) is 3.67. The number of benzene rings is 1. The number of quaternary nitrogens is 1. The van der Waals surface area contributed by atoms with Crippen LogP contribution in [-0.4, -0.2) is 41.3 Å².